The van der Waals surface area contributed by atoms with Gasteiger partial charge in [-0.25, -0.2) is 9.59 Å². The first-order valence-electron chi connectivity index (χ1n) is 9.32. The molecule has 2 aromatic carbocycles. The zero-order valence-electron chi connectivity index (χ0n) is 16.6. The average molecular weight is 434 g/mol. The van der Waals surface area contributed by atoms with Crippen LogP contribution in [-0.2, 0) is 16.1 Å². The fourth-order valence-electron chi connectivity index (χ4n) is 2.93. The van der Waals surface area contributed by atoms with E-state index in [1.165, 1.54) is 6.07 Å². The summed E-state index contributed by atoms with van der Waals surface area (Å²) in [6, 6.07) is 16.8. The van der Waals surface area contributed by atoms with Crippen LogP contribution in [0.2, 0.25) is 0 Å². The highest BCUT2D eigenvalue weighted by Gasteiger charge is 2.25. The van der Waals surface area contributed by atoms with Crippen molar-refractivity contribution in [2.24, 2.45) is 0 Å². The van der Waals surface area contributed by atoms with E-state index < -0.39 is 11.9 Å². The minimum atomic E-state index is -0.761. The molecule has 0 unspecified atom stereocenters. The maximum absolute atomic E-state index is 12.8. The van der Waals surface area contributed by atoms with Crippen molar-refractivity contribution >= 4 is 34.1 Å². The second kappa shape index (κ2) is 9.69. The molecule has 0 fully saturated rings. The van der Waals surface area contributed by atoms with Crippen LogP contribution < -0.4 is 5.73 Å². The van der Waals surface area contributed by atoms with Gasteiger partial charge < -0.3 is 15.2 Å². The minimum Gasteiger partial charge on any atom is -0.462 e. The van der Waals surface area contributed by atoms with Crippen molar-refractivity contribution in [2.75, 3.05) is 12.3 Å². The number of benzene rings is 2. The summed E-state index contributed by atoms with van der Waals surface area (Å²) in [6.07, 6.45) is 0. The Bertz CT molecular complexity index is 1180. The Morgan fingerprint density at radius 1 is 0.968 bits per heavy atom. The van der Waals surface area contributed by atoms with Crippen molar-refractivity contribution in [1.82, 2.24) is 0 Å². The number of rotatable bonds is 7. The van der Waals surface area contributed by atoms with Gasteiger partial charge in [-0.1, -0.05) is 48.5 Å². The van der Waals surface area contributed by atoms with Crippen LogP contribution in [-0.4, -0.2) is 24.3 Å². The number of thiophene rings is 1. The number of carbonyl (C=O) groups excluding carboxylic acids is 3. The fraction of sp³-hybridized carbons (Fsp3) is 0.130. The van der Waals surface area contributed by atoms with Gasteiger partial charge in [0, 0.05) is 16.7 Å². The first-order chi connectivity index (χ1) is 15.0. The van der Waals surface area contributed by atoms with Gasteiger partial charge in [0.25, 0.3) is 0 Å². The molecule has 1 heterocycles. The Labute approximate surface area is 182 Å². The van der Waals surface area contributed by atoms with Gasteiger partial charge >= 0.3 is 11.9 Å². The Morgan fingerprint density at radius 2 is 1.61 bits per heavy atom. The second-order valence-corrected chi connectivity index (χ2v) is 7.35. The standard InChI is InChI=1S/C23H18N2O5S/c1-2-29-23(28)20-18(17(12-24)21(25)31-20)13-30-22(27)16-11-7-6-10-15(16)19(26)14-8-4-3-5-9-14/h3-11H,2,13,25H2,1H3. The van der Waals surface area contributed by atoms with E-state index in [2.05, 4.69) is 0 Å². The van der Waals surface area contributed by atoms with Crippen molar-refractivity contribution in [3.05, 3.63) is 87.3 Å². The lowest BCUT2D eigenvalue weighted by Crippen LogP contribution is -2.14. The molecule has 0 aliphatic rings. The number of ether oxygens (including phenoxy) is 2. The molecule has 0 saturated heterocycles. The average Bonchev–Trinajstić information content (AvgIpc) is 3.13. The van der Waals surface area contributed by atoms with Gasteiger partial charge in [0.05, 0.1) is 17.7 Å². The van der Waals surface area contributed by atoms with Gasteiger partial charge in [0.15, 0.2) is 5.78 Å². The summed E-state index contributed by atoms with van der Waals surface area (Å²) in [4.78, 5) is 37.9. The Balaban J connectivity index is 1.87. The van der Waals surface area contributed by atoms with Gasteiger partial charge in [0.1, 0.15) is 22.6 Å². The molecule has 156 valence electrons. The van der Waals surface area contributed by atoms with Crippen molar-refractivity contribution < 1.29 is 23.9 Å². The van der Waals surface area contributed by atoms with E-state index in [-0.39, 0.29) is 51.1 Å². The van der Waals surface area contributed by atoms with E-state index >= 15 is 0 Å². The molecule has 0 bridgehead atoms. The predicted molar refractivity (Wildman–Crippen MR) is 115 cm³/mol. The lowest BCUT2D eigenvalue weighted by molar-refractivity contribution is 0.0451. The van der Waals surface area contributed by atoms with Gasteiger partial charge in [0.2, 0.25) is 0 Å². The summed E-state index contributed by atoms with van der Waals surface area (Å²) in [5, 5.41) is 9.52. The molecule has 3 aromatic rings. The van der Waals surface area contributed by atoms with E-state index in [9.17, 15) is 19.6 Å². The van der Waals surface area contributed by atoms with Crippen molar-refractivity contribution in [3.8, 4) is 6.07 Å². The van der Waals surface area contributed by atoms with E-state index in [0.29, 0.717) is 5.56 Å². The third-order valence-corrected chi connectivity index (χ3v) is 5.42. The van der Waals surface area contributed by atoms with Crippen LogP contribution in [0.15, 0.2) is 54.6 Å². The Hall–Kier alpha value is -3.96. The van der Waals surface area contributed by atoms with Gasteiger partial charge in [-0.3, -0.25) is 4.79 Å². The molecule has 0 aliphatic heterocycles. The lowest BCUT2D eigenvalue weighted by Gasteiger charge is -2.10. The van der Waals surface area contributed by atoms with Crippen LogP contribution in [0.5, 0.6) is 0 Å². The number of esters is 2. The second-order valence-electron chi connectivity index (χ2n) is 6.30. The normalized spacial score (nSPS) is 10.2. The highest BCUT2D eigenvalue weighted by atomic mass is 32.1. The Kier molecular flexibility index (Phi) is 6.80. The van der Waals surface area contributed by atoms with Crippen molar-refractivity contribution in [2.45, 2.75) is 13.5 Å². The molecule has 3 rings (SSSR count). The first kappa shape index (κ1) is 21.7. The third-order valence-electron chi connectivity index (χ3n) is 4.38. The van der Waals surface area contributed by atoms with E-state index in [4.69, 9.17) is 15.2 Å². The topological polar surface area (TPSA) is 119 Å². The molecule has 7 nitrogen and oxygen atoms in total. The van der Waals surface area contributed by atoms with Gasteiger partial charge in [-0.05, 0) is 13.0 Å². The summed E-state index contributed by atoms with van der Waals surface area (Å²) in [7, 11) is 0. The molecular weight excluding hydrogens is 416 g/mol. The van der Waals surface area contributed by atoms with Crippen LogP contribution in [0.1, 0.15) is 54.0 Å². The molecule has 0 amide bonds. The number of nitrogens with two attached hydrogens (primary N) is 1. The van der Waals surface area contributed by atoms with Crippen LogP contribution in [0, 0.1) is 11.3 Å². The maximum atomic E-state index is 12.8. The van der Waals surface area contributed by atoms with E-state index in [1.54, 1.807) is 55.5 Å². The number of hydrogen-bond donors (Lipinski definition) is 1. The quantitative estimate of drug-likeness (QED) is 0.441. The zero-order valence-corrected chi connectivity index (χ0v) is 17.4. The highest BCUT2D eigenvalue weighted by Crippen LogP contribution is 2.32. The molecule has 0 saturated carbocycles. The lowest BCUT2D eigenvalue weighted by atomic mass is 9.98. The molecular formula is C23H18N2O5S. The highest BCUT2D eigenvalue weighted by molar-refractivity contribution is 7.18. The monoisotopic (exact) mass is 434 g/mol. The van der Waals surface area contributed by atoms with Crippen LogP contribution in [0.3, 0.4) is 0 Å². The number of ketones is 1. The number of anilines is 1. The summed E-state index contributed by atoms with van der Waals surface area (Å²) < 4.78 is 10.4. The van der Waals surface area contributed by atoms with Crippen LogP contribution in [0.25, 0.3) is 0 Å². The molecule has 0 spiro atoms. The van der Waals surface area contributed by atoms with Gasteiger partial charge in [-0.15, -0.1) is 11.3 Å². The van der Waals surface area contributed by atoms with Crippen molar-refractivity contribution in [1.29, 1.82) is 5.26 Å². The number of hydrogen-bond acceptors (Lipinski definition) is 8. The smallest absolute Gasteiger partial charge is 0.348 e. The van der Waals surface area contributed by atoms with E-state index in [0.717, 1.165) is 11.3 Å². The minimum absolute atomic E-state index is 0.0644. The number of nitrogen functional groups attached to an aromatic ring is 1. The molecule has 8 heteroatoms. The number of nitrogens with zero attached hydrogens (tertiary/aromatic N) is 1. The summed E-state index contributed by atoms with van der Waals surface area (Å²) in [5.74, 6) is -1.73. The molecule has 31 heavy (non-hydrogen) atoms. The maximum Gasteiger partial charge on any atom is 0.348 e. The Morgan fingerprint density at radius 3 is 2.26 bits per heavy atom. The number of nitriles is 1. The molecule has 2 N–H and O–H groups in total. The zero-order chi connectivity index (χ0) is 22.4. The molecule has 0 atom stereocenters. The predicted octanol–water partition coefficient (Wildman–Crippen LogP) is 3.97. The van der Waals surface area contributed by atoms with Crippen LogP contribution >= 0.6 is 11.3 Å². The van der Waals surface area contributed by atoms with Gasteiger partial charge in [-0.2, -0.15) is 5.26 Å². The van der Waals surface area contributed by atoms with E-state index in [1.807, 2.05) is 6.07 Å². The summed E-state index contributed by atoms with van der Waals surface area (Å²) in [5.41, 5.74) is 6.79. The summed E-state index contributed by atoms with van der Waals surface area (Å²) in [6.45, 7) is 1.44. The van der Waals surface area contributed by atoms with Crippen molar-refractivity contribution in [3.63, 3.8) is 0 Å². The fourth-order valence-corrected chi connectivity index (χ4v) is 3.84. The first-order valence-corrected chi connectivity index (χ1v) is 10.1. The number of carbonyl (C=O) groups is 3. The molecule has 0 aliphatic carbocycles. The van der Waals surface area contributed by atoms with Crippen LogP contribution in [0.4, 0.5) is 5.00 Å². The summed E-state index contributed by atoms with van der Waals surface area (Å²) >= 11 is 0.902. The third kappa shape index (κ3) is 4.63. The molecule has 0 radical (unpaired) electrons. The SMILES string of the molecule is CCOC(=O)c1sc(N)c(C#N)c1COC(=O)c1ccccc1C(=O)c1ccccc1. The molecule has 1 aromatic heterocycles. The largest absolute Gasteiger partial charge is 0.462 e.